The van der Waals surface area contributed by atoms with Gasteiger partial charge in [0.05, 0.1) is 0 Å². The summed E-state index contributed by atoms with van der Waals surface area (Å²) in [6, 6.07) is 4.21. The van der Waals surface area contributed by atoms with Gasteiger partial charge in [-0.15, -0.1) is 0 Å². The number of halogens is 1. The van der Waals surface area contributed by atoms with Crippen molar-refractivity contribution in [1.29, 1.82) is 0 Å². The van der Waals surface area contributed by atoms with E-state index in [9.17, 15) is 9.50 Å². The Morgan fingerprint density at radius 2 is 1.75 bits per heavy atom. The number of piperazine rings is 1. The molecule has 0 bridgehead atoms. The molecule has 0 amide bonds. The van der Waals surface area contributed by atoms with Crippen LogP contribution in [-0.2, 0) is 0 Å². The zero-order valence-corrected chi connectivity index (χ0v) is 12.9. The summed E-state index contributed by atoms with van der Waals surface area (Å²) in [5, 5.41) is 9.91. The lowest BCUT2D eigenvalue weighted by Gasteiger charge is -2.44. The first-order valence-electron chi connectivity index (χ1n) is 7.26. The third kappa shape index (κ3) is 3.30. The maximum Gasteiger partial charge on any atom is 0.123 e. The Hall–Kier alpha value is -1.13. The third-order valence-corrected chi connectivity index (χ3v) is 4.25. The summed E-state index contributed by atoms with van der Waals surface area (Å²) in [6.07, 6.45) is 0. The summed E-state index contributed by atoms with van der Waals surface area (Å²) >= 11 is 0. The molecular weight excluding hydrogens is 255 g/mol. The van der Waals surface area contributed by atoms with Crippen molar-refractivity contribution in [1.82, 2.24) is 9.80 Å². The Morgan fingerprint density at radius 3 is 2.30 bits per heavy atom. The van der Waals surface area contributed by atoms with Gasteiger partial charge in [0.1, 0.15) is 11.6 Å². The second kappa shape index (κ2) is 5.70. The molecule has 0 saturated carbocycles. The summed E-state index contributed by atoms with van der Waals surface area (Å²) in [6.45, 7) is 12.6. The fourth-order valence-electron chi connectivity index (χ4n) is 2.84. The van der Waals surface area contributed by atoms with Crippen LogP contribution < -0.4 is 0 Å². The quantitative estimate of drug-likeness (QED) is 0.902. The average Bonchev–Trinajstić information content (AvgIpc) is 2.40. The second-order valence-corrected chi connectivity index (χ2v) is 6.57. The molecule has 3 nitrogen and oxygen atoms in total. The summed E-state index contributed by atoms with van der Waals surface area (Å²) in [5.41, 5.74) is 0.866. The van der Waals surface area contributed by atoms with Gasteiger partial charge in [-0.2, -0.15) is 0 Å². The minimum atomic E-state index is -0.294. The van der Waals surface area contributed by atoms with Crippen molar-refractivity contribution in [3.05, 3.63) is 29.6 Å². The zero-order valence-electron chi connectivity index (χ0n) is 12.9. The Labute approximate surface area is 121 Å². The number of rotatable bonds is 2. The molecule has 1 saturated heterocycles. The first-order valence-corrected chi connectivity index (χ1v) is 7.26. The van der Waals surface area contributed by atoms with Gasteiger partial charge in [-0.05, 0) is 45.9 Å². The van der Waals surface area contributed by atoms with E-state index in [-0.39, 0.29) is 23.1 Å². The van der Waals surface area contributed by atoms with Gasteiger partial charge in [-0.1, -0.05) is 0 Å². The van der Waals surface area contributed by atoms with Crippen LogP contribution in [0.5, 0.6) is 5.75 Å². The molecule has 20 heavy (non-hydrogen) atoms. The number of phenolic OH excluding ortho intramolecular Hbond substituents is 1. The molecule has 0 aromatic heterocycles. The van der Waals surface area contributed by atoms with Crippen LogP contribution in [0.4, 0.5) is 4.39 Å². The highest BCUT2D eigenvalue weighted by Gasteiger charge is 2.28. The van der Waals surface area contributed by atoms with Gasteiger partial charge in [-0.3, -0.25) is 9.80 Å². The molecule has 2 rings (SSSR count). The van der Waals surface area contributed by atoms with Crippen molar-refractivity contribution in [3.8, 4) is 5.75 Å². The number of hydrogen-bond donors (Lipinski definition) is 1. The van der Waals surface area contributed by atoms with Crippen molar-refractivity contribution >= 4 is 0 Å². The zero-order chi connectivity index (χ0) is 14.9. The number of phenols is 1. The molecule has 1 aromatic rings. The molecule has 0 spiro atoms. The van der Waals surface area contributed by atoms with Gasteiger partial charge in [0.15, 0.2) is 0 Å². The predicted molar refractivity (Wildman–Crippen MR) is 79.4 cm³/mol. The maximum atomic E-state index is 13.4. The summed E-state index contributed by atoms with van der Waals surface area (Å²) in [7, 11) is 0. The van der Waals surface area contributed by atoms with E-state index >= 15 is 0 Å². The van der Waals surface area contributed by atoms with Crippen molar-refractivity contribution < 1.29 is 9.50 Å². The van der Waals surface area contributed by atoms with E-state index in [4.69, 9.17) is 0 Å². The minimum absolute atomic E-state index is 0.0350. The Morgan fingerprint density at radius 1 is 1.15 bits per heavy atom. The Bertz CT molecular complexity index is 462. The number of nitrogens with zero attached hydrogens (tertiary/aromatic N) is 2. The van der Waals surface area contributed by atoms with Crippen LogP contribution in [-0.4, -0.2) is 46.6 Å². The van der Waals surface area contributed by atoms with Gasteiger partial charge in [0.2, 0.25) is 0 Å². The number of hydrogen-bond acceptors (Lipinski definition) is 3. The predicted octanol–water partition coefficient (Wildman–Crippen LogP) is 3.01. The molecule has 1 N–H and O–H groups in total. The average molecular weight is 280 g/mol. The van der Waals surface area contributed by atoms with E-state index < -0.39 is 0 Å². The lowest BCUT2D eigenvalue weighted by Crippen LogP contribution is -2.53. The molecule has 112 valence electrons. The van der Waals surface area contributed by atoms with Crippen LogP contribution in [0.2, 0.25) is 0 Å². The van der Waals surface area contributed by atoms with Gasteiger partial charge >= 0.3 is 0 Å². The van der Waals surface area contributed by atoms with Crippen LogP contribution in [0.3, 0.4) is 0 Å². The SMILES string of the molecule is CC(c1cc(F)ccc1O)N1CCN(C(C)(C)C)CC1. The van der Waals surface area contributed by atoms with Crippen molar-refractivity contribution in [2.24, 2.45) is 0 Å². The van der Waals surface area contributed by atoms with Crippen LogP contribution in [0, 0.1) is 5.82 Å². The third-order valence-electron chi connectivity index (χ3n) is 4.25. The number of benzene rings is 1. The smallest absolute Gasteiger partial charge is 0.123 e. The fourth-order valence-corrected chi connectivity index (χ4v) is 2.84. The molecular formula is C16H25FN2O. The van der Waals surface area contributed by atoms with Crippen LogP contribution in [0.1, 0.15) is 39.3 Å². The van der Waals surface area contributed by atoms with Crippen molar-refractivity contribution in [2.45, 2.75) is 39.3 Å². The van der Waals surface area contributed by atoms with Gasteiger partial charge in [0.25, 0.3) is 0 Å². The Balaban J connectivity index is 2.05. The van der Waals surface area contributed by atoms with Crippen molar-refractivity contribution in [2.75, 3.05) is 26.2 Å². The van der Waals surface area contributed by atoms with Crippen LogP contribution in [0.25, 0.3) is 0 Å². The lowest BCUT2D eigenvalue weighted by molar-refractivity contribution is 0.0448. The fraction of sp³-hybridized carbons (Fsp3) is 0.625. The highest BCUT2D eigenvalue weighted by molar-refractivity contribution is 5.35. The highest BCUT2D eigenvalue weighted by Crippen LogP contribution is 2.30. The standard InChI is InChI=1S/C16H25FN2O/c1-12(14-11-13(17)5-6-15(14)20)18-7-9-19(10-8-18)16(2,3)4/h5-6,11-12,20H,7-10H2,1-4H3. The van der Waals surface area contributed by atoms with Gasteiger partial charge in [0, 0.05) is 43.3 Å². The molecule has 1 unspecified atom stereocenters. The molecule has 0 radical (unpaired) electrons. The van der Waals surface area contributed by atoms with Crippen LogP contribution in [0.15, 0.2) is 18.2 Å². The van der Waals surface area contributed by atoms with E-state index in [1.165, 1.54) is 18.2 Å². The molecule has 1 atom stereocenters. The van der Waals surface area contributed by atoms with E-state index in [1.54, 1.807) is 0 Å². The first-order chi connectivity index (χ1) is 9.29. The van der Waals surface area contributed by atoms with E-state index in [0.717, 1.165) is 26.2 Å². The minimum Gasteiger partial charge on any atom is -0.508 e. The molecule has 1 aromatic carbocycles. The van der Waals surface area contributed by atoms with Gasteiger partial charge < -0.3 is 5.11 Å². The lowest BCUT2D eigenvalue weighted by atomic mass is 10.0. The Kier molecular flexibility index (Phi) is 4.35. The number of aromatic hydroxyl groups is 1. The molecule has 1 fully saturated rings. The molecule has 1 heterocycles. The topological polar surface area (TPSA) is 26.7 Å². The van der Waals surface area contributed by atoms with Crippen molar-refractivity contribution in [3.63, 3.8) is 0 Å². The highest BCUT2D eigenvalue weighted by atomic mass is 19.1. The molecule has 4 heteroatoms. The van der Waals surface area contributed by atoms with E-state index in [2.05, 4.69) is 30.6 Å². The second-order valence-electron chi connectivity index (χ2n) is 6.57. The maximum absolute atomic E-state index is 13.4. The largest absolute Gasteiger partial charge is 0.508 e. The summed E-state index contributed by atoms with van der Waals surface area (Å²) in [5.74, 6) is -0.116. The first kappa shape index (κ1) is 15.3. The molecule has 1 aliphatic rings. The molecule has 1 aliphatic heterocycles. The van der Waals surface area contributed by atoms with E-state index in [1.807, 2.05) is 6.92 Å². The van der Waals surface area contributed by atoms with Crippen LogP contribution >= 0.6 is 0 Å². The van der Waals surface area contributed by atoms with Gasteiger partial charge in [-0.25, -0.2) is 4.39 Å². The van der Waals surface area contributed by atoms with E-state index in [0.29, 0.717) is 5.56 Å². The monoisotopic (exact) mass is 280 g/mol. The summed E-state index contributed by atoms with van der Waals surface area (Å²) in [4.78, 5) is 4.76. The molecule has 0 aliphatic carbocycles. The summed E-state index contributed by atoms with van der Waals surface area (Å²) < 4.78 is 13.4. The normalized spacial score (nSPS) is 20.1.